The van der Waals surface area contributed by atoms with Crippen LogP contribution >= 0.6 is 0 Å². The van der Waals surface area contributed by atoms with Gasteiger partial charge in [0, 0.05) is 12.3 Å². The average Bonchev–Trinajstić information content (AvgIpc) is 1.99. The van der Waals surface area contributed by atoms with Gasteiger partial charge in [-0.3, -0.25) is 0 Å². The van der Waals surface area contributed by atoms with Crippen LogP contribution in [0.2, 0.25) is 0 Å². The van der Waals surface area contributed by atoms with Crippen molar-refractivity contribution < 1.29 is 14.9 Å². The number of aliphatic hydroxyl groups is 2. The molecule has 1 rings (SSSR count). The van der Waals surface area contributed by atoms with Crippen molar-refractivity contribution in [3.8, 4) is 0 Å². The maximum atomic E-state index is 9.46. The fourth-order valence-corrected chi connectivity index (χ4v) is 1.40. The van der Waals surface area contributed by atoms with Crippen molar-refractivity contribution in [3.05, 3.63) is 0 Å². The second-order valence-electron chi connectivity index (χ2n) is 3.31. The lowest BCUT2D eigenvalue weighted by Crippen LogP contribution is -2.42. The fraction of sp³-hybridized carbons (Fsp3) is 1.00. The summed E-state index contributed by atoms with van der Waals surface area (Å²) in [6.07, 6.45) is 0.116. The molecule has 66 valence electrons. The van der Waals surface area contributed by atoms with E-state index in [1.807, 2.05) is 13.8 Å². The molecule has 0 radical (unpaired) electrons. The van der Waals surface area contributed by atoms with Crippen LogP contribution in [0.15, 0.2) is 0 Å². The summed E-state index contributed by atoms with van der Waals surface area (Å²) in [6, 6.07) is 0. The van der Waals surface area contributed by atoms with Crippen LogP contribution in [0.4, 0.5) is 0 Å². The van der Waals surface area contributed by atoms with Crippen molar-refractivity contribution in [2.24, 2.45) is 5.92 Å². The van der Waals surface area contributed by atoms with Gasteiger partial charge in [-0.25, -0.2) is 0 Å². The number of ether oxygens (including phenoxy) is 1. The minimum absolute atomic E-state index is 0.00806. The maximum Gasteiger partial charge on any atom is 0.0834 e. The SMILES string of the molecule is CC1O[C@H](CO)C[C@H](O)[C@H]1C. The Kier molecular flexibility index (Phi) is 2.87. The van der Waals surface area contributed by atoms with Crippen LogP contribution in [0.1, 0.15) is 20.3 Å². The van der Waals surface area contributed by atoms with Crippen LogP contribution in [-0.4, -0.2) is 35.1 Å². The summed E-state index contributed by atoms with van der Waals surface area (Å²) in [5.74, 6) is 0.179. The second-order valence-corrected chi connectivity index (χ2v) is 3.31. The van der Waals surface area contributed by atoms with Gasteiger partial charge in [0.15, 0.2) is 0 Å². The normalized spacial score (nSPS) is 45.8. The molecule has 0 bridgehead atoms. The Hall–Kier alpha value is -0.120. The van der Waals surface area contributed by atoms with E-state index in [9.17, 15) is 5.11 Å². The first kappa shape index (κ1) is 8.97. The molecular weight excluding hydrogens is 144 g/mol. The predicted molar refractivity (Wildman–Crippen MR) is 41.2 cm³/mol. The molecule has 11 heavy (non-hydrogen) atoms. The Morgan fingerprint density at radius 3 is 2.55 bits per heavy atom. The van der Waals surface area contributed by atoms with E-state index in [1.54, 1.807) is 0 Å². The summed E-state index contributed by atoms with van der Waals surface area (Å²) >= 11 is 0. The molecule has 3 heteroatoms. The van der Waals surface area contributed by atoms with E-state index in [0.29, 0.717) is 6.42 Å². The Balaban J connectivity index is 2.47. The van der Waals surface area contributed by atoms with Gasteiger partial charge in [0.2, 0.25) is 0 Å². The Morgan fingerprint density at radius 2 is 2.09 bits per heavy atom. The summed E-state index contributed by atoms with van der Waals surface area (Å²) in [5.41, 5.74) is 0. The first-order valence-corrected chi connectivity index (χ1v) is 4.09. The topological polar surface area (TPSA) is 49.7 Å². The minimum Gasteiger partial charge on any atom is -0.394 e. The molecule has 1 saturated heterocycles. The van der Waals surface area contributed by atoms with Crippen molar-refractivity contribution in [1.82, 2.24) is 0 Å². The van der Waals surface area contributed by atoms with Crippen molar-refractivity contribution in [2.75, 3.05) is 6.61 Å². The van der Waals surface area contributed by atoms with Gasteiger partial charge in [-0.1, -0.05) is 6.92 Å². The van der Waals surface area contributed by atoms with Crippen LogP contribution in [0, 0.1) is 5.92 Å². The summed E-state index contributed by atoms with van der Waals surface area (Å²) < 4.78 is 5.41. The number of hydrogen-bond donors (Lipinski definition) is 2. The molecule has 0 aromatic heterocycles. The molecule has 3 nitrogen and oxygen atoms in total. The van der Waals surface area contributed by atoms with Crippen molar-refractivity contribution in [3.63, 3.8) is 0 Å². The third-order valence-electron chi connectivity index (χ3n) is 2.46. The van der Waals surface area contributed by atoms with Crippen molar-refractivity contribution in [1.29, 1.82) is 0 Å². The average molecular weight is 160 g/mol. The lowest BCUT2D eigenvalue weighted by molar-refractivity contribution is -0.135. The largest absolute Gasteiger partial charge is 0.394 e. The van der Waals surface area contributed by atoms with Crippen LogP contribution in [-0.2, 0) is 4.74 Å². The zero-order valence-corrected chi connectivity index (χ0v) is 7.03. The zero-order valence-electron chi connectivity index (χ0n) is 7.03. The molecule has 0 amide bonds. The molecule has 0 aromatic rings. The van der Waals surface area contributed by atoms with Crippen LogP contribution in [0.3, 0.4) is 0 Å². The second kappa shape index (κ2) is 3.52. The van der Waals surface area contributed by atoms with Crippen LogP contribution in [0.25, 0.3) is 0 Å². The third-order valence-corrected chi connectivity index (χ3v) is 2.46. The molecule has 1 fully saturated rings. The summed E-state index contributed by atoms with van der Waals surface area (Å²) in [7, 11) is 0. The van der Waals surface area contributed by atoms with Gasteiger partial charge in [0.1, 0.15) is 0 Å². The van der Waals surface area contributed by atoms with Crippen LogP contribution < -0.4 is 0 Å². The van der Waals surface area contributed by atoms with Gasteiger partial charge >= 0.3 is 0 Å². The van der Waals surface area contributed by atoms with E-state index >= 15 is 0 Å². The standard InChI is InChI=1S/C8H16O3/c1-5-6(2)11-7(4-9)3-8(5)10/h5-10H,3-4H2,1-2H3/t5-,6?,7-,8-/m0/s1. The predicted octanol–water partition coefficient (Wildman–Crippen LogP) is 0.153. The first-order valence-electron chi connectivity index (χ1n) is 4.09. The first-order chi connectivity index (χ1) is 5.15. The zero-order chi connectivity index (χ0) is 8.43. The number of aliphatic hydroxyl groups excluding tert-OH is 2. The van der Waals surface area contributed by atoms with Gasteiger partial charge in [0.05, 0.1) is 24.9 Å². The number of hydrogen-bond acceptors (Lipinski definition) is 3. The third kappa shape index (κ3) is 1.92. The van der Waals surface area contributed by atoms with Crippen molar-refractivity contribution >= 4 is 0 Å². The van der Waals surface area contributed by atoms with E-state index in [1.165, 1.54) is 0 Å². The van der Waals surface area contributed by atoms with Gasteiger partial charge in [-0.15, -0.1) is 0 Å². The molecule has 2 N–H and O–H groups in total. The van der Waals surface area contributed by atoms with E-state index in [2.05, 4.69) is 0 Å². The molecule has 1 unspecified atom stereocenters. The molecular formula is C8H16O3. The summed E-state index contributed by atoms with van der Waals surface area (Å²) in [4.78, 5) is 0. The number of rotatable bonds is 1. The van der Waals surface area contributed by atoms with E-state index in [0.717, 1.165) is 0 Å². The highest BCUT2D eigenvalue weighted by atomic mass is 16.5. The van der Waals surface area contributed by atoms with Crippen LogP contribution in [0.5, 0.6) is 0 Å². The monoisotopic (exact) mass is 160 g/mol. The highest BCUT2D eigenvalue weighted by Gasteiger charge is 2.31. The fourth-order valence-electron chi connectivity index (χ4n) is 1.40. The maximum absolute atomic E-state index is 9.46. The van der Waals surface area contributed by atoms with E-state index < -0.39 is 0 Å². The smallest absolute Gasteiger partial charge is 0.0834 e. The Bertz CT molecular complexity index is 115. The minimum atomic E-state index is -0.323. The van der Waals surface area contributed by atoms with Gasteiger partial charge in [0.25, 0.3) is 0 Å². The summed E-state index contributed by atoms with van der Waals surface area (Å²) in [6.45, 7) is 3.90. The molecule has 0 spiro atoms. The highest BCUT2D eigenvalue weighted by molar-refractivity contribution is 4.80. The molecule has 0 saturated carbocycles. The molecule has 4 atom stereocenters. The lowest BCUT2D eigenvalue weighted by Gasteiger charge is -2.35. The molecule has 0 aliphatic carbocycles. The van der Waals surface area contributed by atoms with Gasteiger partial charge in [-0.2, -0.15) is 0 Å². The molecule has 1 heterocycles. The highest BCUT2D eigenvalue weighted by Crippen LogP contribution is 2.24. The Morgan fingerprint density at radius 1 is 1.45 bits per heavy atom. The molecule has 0 aromatic carbocycles. The summed E-state index contributed by atoms with van der Waals surface area (Å²) in [5, 5.41) is 18.2. The van der Waals surface area contributed by atoms with E-state index in [-0.39, 0.29) is 30.8 Å². The Labute approximate surface area is 67.0 Å². The van der Waals surface area contributed by atoms with Crippen molar-refractivity contribution in [2.45, 2.75) is 38.6 Å². The lowest BCUT2D eigenvalue weighted by atomic mass is 9.91. The van der Waals surface area contributed by atoms with E-state index in [4.69, 9.17) is 9.84 Å². The van der Waals surface area contributed by atoms with Gasteiger partial charge in [-0.05, 0) is 6.92 Å². The molecule has 1 aliphatic heterocycles. The quantitative estimate of drug-likeness (QED) is 0.574. The molecule has 1 aliphatic rings. The van der Waals surface area contributed by atoms with Gasteiger partial charge < -0.3 is 14.9 Å².